The number of amides is 1. The van der Waals surface area contributed by atoms with E-state index in [1.54, 1.807) is 18.2 Å². The third-order valence-electron chi connectivity index (χ3n) is 5.42. The van der Waals surface area contributed by atoms with Crippen molar-refractivity contribution in [3.63, 3.8) is 0 Å². The van der Waals surface area contributed by atoms with Gasteiger partial charge in [-0.1, -0.05) is 36.8 Å². The molecule has 2 heterocycles. The van der Waals surface area contributed by atoms with Crippen molar-refractivity contribution < 1.29 is 13.2 Å². The first-order valence-electron chi connectivity index (χ1n) is 10.00. The van der Waals surface area contributed by atoms with Gasteiger partial charge in [0, 0.05) is 36.7 Å². The molecule has 1 aliphatic rings. The van der Waals surface area contributed by atoms with Crippen molar-refractivity contribution in [1.82, 2.24) is 14.6 Å². The molecule has 0 spiro atoms. The lowest BCUT2D eigenvalue weighted by Crippen LogP contribution is -2.37. The van der Waals surface area contributed by atoms with Crippen molar-refractivity contribution in [1.29, 1.82) is 0 Å². The molecule has 7 heteroatoms. The molecule has 2 aromatic carbocycles. The van der Waals surface area contributed by atoms with Crippen molar-refractivity contribution in [3.8, 4) is 0 Å². The number of piperidine rings is 1. The highest BCUT2D eigenvalue weighted by molar-refractivity contribution is 7.89. The topological polar surface area (TPSA) is 82.3 Å². The van der Waals surface area contributed by atoms with Crippen molar-refractivity contribution in [2.75, 3.05) is 19.6 Å². The van der Waals surface area contributed by atoms with Crippen molar-refractivity contribution in [3.05, 3.63) is 65.9 Å². The second-order valence-corrected chi connectivity index (χ2v) is 9.23. The van der Waals surface area contributed by atoms with Crippen LogP contribution in [0.25, 0.3) is 10.9 Å². The second kappa shape index (κ2) is 8.39. The molecule has 0 unspecified atom stereocenters. The first-order chi connectivity index (χ1) is 14.1. The van der Waals surface area contributed by atoms with Gasteiger partial charge in [-0.2, -0.15) is 4.31 Å². The van der Waals surface area contributed by atoms with Crippen LogP contribution < -0.4 is 5.32 Å². The Labute approximate surface area is 171 Å². The third kappa shape index (κ3) is 4.06. The molecule has 4 rings (SSSR count). The highest BCUT2D eigenvalue weighted by Crippen LogP contribution is 2.24. The Morgan fingerprint density at radius 2 is 1.72 bits per heavy atom. The SMILES string of the molecule is O=C(NCCc1c[nH]c2ccccc12)c1ccccc1S(=O)(=O)N1CCCCC1. The average Bonchev–Trinajstić information content (AvgIpc) is 3.17. The molecule has 1 saturated heterocycles. The lowest BCUT2D eigenvalue weighted by Gasteiger charge is -2.26. The van der Waals surface area contributed by atoms with Gasteiger partial charge in [-0.3, -0.25) is 4.79 Å². The molecule has 152 valence electrons. The molecular weight excluding hydrogens is 386 g/mol. The zero-order valence-corrected chi connectivity index (χ0v) is 17.0. The number of H-pyrrole nitrogens is 1. The summed E-state index contributed by atoms with van der Waals surface area (Å²) in [6, 6.07) is 14.5. The van der Waals surface area contributed by atoms with Crippen LogP contribution in [0.15, 0.2) is 59.6 Å². The highest BCUT2D eigenvalue weighted by atomic mass is 32.2. The lowest BCUT2D eigenvalue weighted by atomic mass is 10.1. The monoisotopic (exact) mass is 411 g/mol. The van der Waals surface area contributed by atoms with Gasteiger partial charge in [-0.05, 0) is 43.0 Å². The van der Waals surface area contributed by atoms with Gasteiger partial charge in [0.2, 0.25) is 10.0 Å². The largest absolute Gasteiger partial charge is 0.361 e. The number of nitrogens with one attached hydrogen (secondary N) is 2. The van der Waals surface area contributed by atoms with E-state index < -0.39 is 10.0 Å². The van der Waals surface area contributed by atoms with E-state index >= 15 is 0 Å². The van der Waals surface area contributed by atoms with Gasteiger partial charge in [0.05, 0.1) is 10.5 Å². The van der Waals surface area contributed by atoms with Crippen LogP contribution in [-0.2, 0) is 16.4 Å². The number of aromatic nitrogens is 1. The number of rotatable bonds is 6. The maximum absolute atomic E-state index is 13.1. The van der Waals surface area contributed by atoms with Crippen molar-refractivity contribution in [2.45, 2.75) is 30.6 Å². The number of benzene rings is 2. The number of para-hydroxylation sites is 1. The van der Waals surface area contributed by atoms with Gasteiger partial charge in [0.1, 0.15) is 0 Å². The van der Waals surface area contributed by atoms with Gasteiger partial charge < -0.3 is 10.3 Å². The van der Waals surface area contributed by atoms with Gasteiger partial charge in [0.25, 0.3) is 5.91 Å². The van der Waals surface area contributed by atoms with E-state index in [-0.39, 0.29) is 16.4 Å². The standard InChI is InChI=1S/C22H25N3O3S/c26-22(23-13-12-17-16-24-20-10-4-2-8-18(17)20)19-9-3-5-11-21(19)29(27,28)25-14-6-1-7-15-25/h2-5,8-11,16,24H,1,6-7,12-15H2,(H,23,26). The summed E-state index contributed by atoms with van der Waals surface area (Å²) in [5.41, 5.74) is 2.39. The second-order valence-electron chi connectivity index (χ2n) is 7.33. The predicted octanol–water partition coefficient (Wildman–Crippen LogP) is 3.32. The zero-order valence-electron chi connectivity index (χ0n) is 16.2. The predicted molar refractivity (Wildman–Crippen MR) is 113 cm³/mol. The first kappa shape index (κ1) is 19.7. The van der Waals surface area contributed by atoms with Crippen LogP contribution in [0.4, 0.5) is 0 Å². The molecule has 1 aromatic heterocycles. The Kier molecular flexibility index (Phi) is 5.69. The van der Waals surface area contributed by atoms with E-state index in [9.17, 15) is 13.2 Å². The Morgan fingerprint density at radius 1 is 1.00 bits per heavy atom. The molecule has 0 saturated carbocycles. The van der Waals surface area contributed by atoms with Gasteiger partial charge in [-0.25, -0.2) is 8.42 Å². The summed E-state index contributed by atoms with van der Waals surface area (Å²) in [5, 5.41) is 4.02. The number of carbonyl (C=O) groups excluding carboxylic acids is 1. The summed E-state index contributed by atoms with van der Waals surface area (Å²) in [5.74, 6) is -0.360. The maximum atomic E-state index is 13.1. The van der Waals surface area contributed by atoms with Crippen LogP contribution in [0, 0.1) is 0 Å². The van der Waals surface area contributed by atoms with E-state index in [4.69, 9.17) is 0 Å². The van der Waals surface area contributed by atoms with Crippen molar-refractivity contribution in [2.24, 2.45) is 0 Å². The molecule has 29 heavy (non-hydrogen) atoms. The minimum Gasteiger partial charge on any atom is -0.361 e. The number of hydrogen-bond donors (Lipinski definition) is 2. The van der Waals surface area contributed by atoms with E-state index in [1.165, 1.54) is 10.4 Å². The molecule has 0 bridgehead atoms. The molecule has 3 aromatic rings. The number of sulfonamides is 1. The van der Waals surface area contributed by atoms with Crippen LogP contribution in [0.1, 0.15) is 35.2 Å². The molecule has 1 aliphatic heterocycles. The highest BCUT2D eigenvalue weighted by Gasteiger charge is 2.29. The number of aromatic amines is 1. The summed E-state index contributed by atoms with van der Waals surface area (Å²) in [6.07, 6.45) is 5.38. The van der Waals surface area contributed by atoms with E-state index in [1.807, 2.05) is 30.5 Å². The van der Waals surface area contributed by atoms with Crippen LogP contribution in [-0.4, -0.2) is 43.2 Å². The lowest BCUT2D eigenvalue weighted by molar-refractivity contribution is 0.0950. The summed E-state index contributed by atoms with van der Waals surface area (Å²) in [7, 11) is -3.67. The van der Waals surface area contributed by atoms with Crippen molar-refractivity contribution >= 4 is 26.8 Å². The fourth-order valence-electron chi connectivity index (χ4n) is 3.87. The quantitative estimate of drug-likeness (QED) is 0.653. The molecule has 1 amide bonds. The number of carbonyl (C=O) groups is 1. The van der Waals surface area contributed by atoms with Crippen LogP contribution >= 0.6 is 0 Å². The fraction of sp³-hybridized carbons (Fsp3) is 0.318. The zero-order chi connectivity index (χ0) is 20.3. The van der Waals surface area contributed by atoms with Crippen LogP contribution in [0.5, 0.6) is 0 Å². The molecular formula is C22H25N3O3S. The summed E-state index contributed by atoms with van der Waals surface area (Å²) in [6.45, 7) is 1.45. The fourth-order valence-corrected chi connectivity index (χ4v) is 5.57. The van der Waals surface area contributed by atoms with Crippen LogP contribution in [0.3, 0.4) is 0 Å². The summed E-state index contributed by atoms with van der Waals surface area (Å²) in [4.78, 5) is 16.1. The van der Waals surface area contributed by atoms with Gasteiger partial charge in [0.15, 0.2) is 0 Å². The van der Waals surface area contributed by atoms with E-state index in [0.29, 0.717) is 26.1 Å². The Balaban J connectivity index is 1.48. The maximum Gasteiger partial charge on any atom is 0.252 e. The first-order valence-corrected chi connectivity index (χ1v) is 11.4. The van der Waals surface area contributed by atoms with Crippen LogP contribution in [0.2, 0.25) is 0 Å². The number of hydrogen-bond acceptors (Lipinski definition) is 3. The molecule has 0 atom stereocenters. The summed E-state index contributed by atoms with van der Waals surface area (Å²) >= 11 is 0. The van der Waals surface area contributed by atoms with Gasteiger partial charge in [-0.15, -0.1) is 0 Å². The number of fused-ring (bicyclic) bond motifs is 1. The molecule has 2 N–H and O–H groups in total. The Morgan fingerprint density at radius 3 is 2.55 bits per heavy atom. The Bertz CT molecular complexity index is 1120. The third-order valence-corrected chi connectivity index (χ3v) is 7.38. The number of nitrogens with zero attached hydrogens (tertiary/aromatic N) is 1. The van der Waals surface area contributed by atoms with E-state index in [0.717, 1.165) is 35.7 Å². The Hall–Kier alpha value is -2.64. The van der Waals surface area contributed by atoms with Gasteiger partial charge >= 0.3 is 0 Å². The molecule has 6 nitrogen and oxygen atoms in total. The molecule has 0 radical (unpaired) electrons. The normalized spacial score (nSPS) is 15.4. The summed E-state index contributed by atoms with van der Waals surface area (Å²) < 4.78 is 27.6. The minimum absolute atomic E-state index is 0.0893. The average molecular weight is 412 g/mol. The smallest absolute Gasteiger partial charge is 0.252 e. The molecule has 1 fully saturated rings. The molecule has 0 aliphatic carbocycles. The minimum atomic E-state index is -3.67. The van der Waals surface area contributed by atoms with E-state index in [2.05, 4.69) is 10.3 Å².